The van der Waals surface area contributed by atoms with Crippen LogP contribution in [0.15, 0.2) is 30.3 Å². The summed E-state index contributed by atoms with van der Waals surface area (Å²) in [5.74, 6) is 0. The topological polar surface area (TPSA) is 35.6 Å². The van der Waals surface area contributed by atoms with Gasteiger partial charge in [0, 0.05) is 12.6 Å². The van der Waals surface area contributed by atoms with E-state index in [2.05, 4.69) is 5.43 Å². The van der Waals surface area contributed by atoms with Gasteiger partial charge in [0.25, 0.3) is 0 Å². The summed E-state index contributed by atoms with van der Waals surface area (Å²) in [6.07, 6.45) is 0. The third kappa shape index (κ3) is 2.03. The first-order valence-electron chi connectivity index (χ1n) is 5.38. The maximum atomic E-state index is 12.0. The highest BCUT2D eigenvalue weighted by Gasteiger charge is 2.43. The average molecular weight is 249 g/mol. The van der Waals surface area contributed by atoms with Gasteiger partial charge < -0.3 is 0 Å². The van der Waals surface area contributed by atoms with Crippen LogP contribution in [0, 0.1) is 0 Å². The van der Waals surface area contributed by atoms with Crippen molar-refractivity contribution in [1.82, 2.24) is 15.3 Å². The maximum Gasteiger partial charge on any atom is 0.340 e. The van der Waals surface area contributed by atoms with E-state index in [9.17, 15) is 4.79 Å². The van der Waals surface area contributed by atoms with Gasteiger partial charge in [0.05, 0.1) is 0 Å². The Bertz CT molecular complexity index is 458. The zero-order chi connectivity index (χ0) is 12.6. The molecule has 0 bridgehead atoms. The molecule has 90 valence electrons. The number of hydrogen-bond donors (Lipinski definition) is 1. The number of hydrazine groups is 1. The number of nitrogens with one attached hydrogen (secondary N) is 1. The lowest BCUT2D eigenvalue weighted by molar-refractivity contribution is 0.206. The molecule has 1 fully saturated rings. The average Bonchev–Trinajstić information content (AvgIpc) is 2.48. The lowest BCUT2D eigenvalue weighted by Crippen LogP contribution is -2.49. The molecule has 0 spiro atoms. The quantitative estimate of drug-likeness (QED) is 0.773. The number of urea groups is 1. The molecule has 0 atom stereocenters. The Labute approximate surface area is 106 Å². The van der Waals surface area contributed by atoms with Gasteiger partial charge in [-0.1, -0.05) is 42.5 Å². The minimum atomic E-state index is -0.501. The molecule has 1 aromatic carbocycles. The number of carbonyl (C=O) groups is 1. The van der Waals surface area contributed by atoms with E-state index in [4.69, 9.17) is 12.2 Å². The first kappa shape index (κ1) is 12.0. The molecule has 5 heteroatoms. The molecule has 1 saturated heterocycles. The van der Waals surface area contributed by atoms with Crippen molar-refractivity contribution < 1.29 is 4.79 Å². The minimum Gasteiger partial charge on any atom is -0.263 e. The summed E-state index contributed by atoms with van der Waals surface area (Å²) in [6.45, 7) is 3.84. The molecule has 0 aliphatic carbocycles. The van der Waals surface area contributed by atoms with E-state index in [0.717, 1.165) is 5.56 Å². The molecule has 0 saturated carbocycles. The van der Waals surface area contributed by atoms with Crippen molar-refractivity contribution in [2.45, 2.75) is 19.5 Å². The van der Waals surface area contributed by atoms with E-state index >= 15 is 0 Å². The van der Waals surface area contributed by atoms with Crippen LogP contribution in [0.5, 0.6) is 0 Å². The van der Waals surface area contributed by atoms with E-state index in [1.807, 2.05) is 44.2 Å². The molecule has 1 aromatic rings. The third-order valence-corrected chi connectivity index (χ3v) is 3.12. The summed E-state index contributed by atoms with van der Waals surface area (Å²) in [7, 11) is 1.69. The lowest BCUT2D eigenvalue weighted by atomic mass is 10.1. The molecule has 17 heavy (non-hydrogen) atoms. The largest absolute Gasteiger partial charge is 0.340 e. The second-order valence-electron chi connectivity index (χ2n) is 4.52. The van der Waals surface area contributed by atoms with Gasteiger partial charge in [0.15, 0.2) is 0 Å². The first-order chi connectivity index (χ1) is 7.93. The van der Waals surface area contributed by atoms with Gasteiger partial charge in [-0.25, -0.2) is 10.2 Å². The lowest BCUT2D eigenvalue weighted by Gasteiger charge is -2.29. The fourth-order valence-corrected chi connectivity index (χ4v) is 2.39. The van der Waals surface area contributed by atoms with Crippen LogP contribution in [0.4, 0.5) is 4.79 Å². The van der Waals surface area contributed by atoms with Crippen LogP contribution in [0.25, 0.3) is 0 Å². The SMILES string of the molecule is CN1NC(C)(C)N(C(=S)c2ccccc2)C1=O. The Morgan fingerprint density at radius 3 is 2.35 bits per heavy atom. The van der Waals surface area contributed by atoms with Crippen LogP contribution >= 0.6 is 12.2 Å². The Balaban J connectivity index is 2.34. The highest BCUT2D eigenvalue weighted by atomic mass is 32.1. The normalized spacial score (nSPS) is 18.6. The standard InChI is InChI=1S/C12H15N3OS/c1-12(2)13-14(3)11(16)15(12)10(17)9-7-5-4-6-8-9/h4-8,13H,1-3H3. The van der Waals surface area contributed by atoms with Gasteiger partial charge in [-0.05, 0) is 13.8 Å². The first-order valence-corrected chi connectivity index (χ1v) is 5.79. The Hall–Kier alpha value is -1.46. The zero-order valence-corrected chi connectivity index (χ0v) is 10.9. The molecule has 0 unspecified atom stereocenters. The van der Waals surface area contributed by atoms with Gasteiger partial charge in [-0.2, -0.15) is 0 Å². The van der Waals surface area contributed by atoms with Gasteiger partial charge in [0.2, 0.25) is 0 Å². The van der Waals surface area contributed by atoms with Gasteiger partial charge in [-0.3, -0.25) is 9.91 Å². The van der Waals surface area contributed by atoms with Crippen LogP contribution in [-0.4, -0.2) is 33.6 Å². The van der Waals surface area contributed by atoms with Crippen LogP contribution in [-0.2, 0) is 0 Å². The number of thiocarbonyl (C=S) groups is 1. The van der Waals surface area contributed by atoms with Crippen molar-refractivity contribution in [1.29, 1.82) is 0 Å². The zero-order valence-electron chi connectivity index (χ0n) is 10.1. The fourth-order valence-electron chi connectivity index (χ4n) is 1.95. The summed E-state index contributed by atoms with van der Waals surface area (Å²) >= 11 is 5.40. The Morgan fingerprint density at radius 1 is 1.29 bits per heavy atom. The number of rotatable bonds is 1. The smallest absolute Gasteiger partial charge is 0.263 e. The van der Waals surface area contributed by atoms with Crippen molar-refractivity contribution in [2.24, 2.45) is 0 Å². The summed E-state index contributed by atoms with van der Waals surface area (Å²) in [5.41, 5.74) is 3.44. The van der Waals surface area contributed by atoms with Gasteiger partial charge >= 0.3 is 6.03 Å². The van der Waals surface area contributed by atoms with Crippen molar-refractivity contribution >= 4 is 23.2 Å². The van der Waals surface area contributed by atoms with E-state index in [1.165, 1.54) is 5.01 Å². The molecular formula is C12H15N3OS. The van der Waals surface area contributed by atoms with Gasteiger partial charge in [0.1, 0.15) is 10.7 Å². The summed E-state index contributed by atoms with van der Waals surface area (Å²) < 4.78 is 0. The highest BCUT2D eigenvalue weighted by Crippen LogP contribution is 2.23. The van der Waals surface area contributed by atoms with E-state index in [0.29, 0.717) is 4.99 Å². The van der Waals surface area contributed by atoms with E-state index < -0.39 is 5.66 Å². The predicted octanol–water partition coefficient (Wildman–Crippen LogP) is 1.97. The van der Waals surface area contributed by atoms with Crippen molar-refractivity contribution in [2.75, 3.05) is 7.05 Å². The molecule has 0 aromatic heterocycles. The molecule has 2 rings (SSSR count). The monoisotopic (exact) mass is 249 g/mol. The van der Waals surface area contributed by atoms with Crippen molar-refractivity contribution in [3.05, 3.63) is 35.9 Å². The predicted molar refractivity (Wildman–Crippen MR) is 70.4 cm³/mol. The van der Waals surface area contributed by atoms with Crippen LogP contribution in [0.1, 0.15) is 19.4 Å². The molecule has 1 aliphatic rings. The van der Waals surface area contributed by atoms with E-state index in [1.54, 1.807) is 11.9 Å². The van der Waals surface area contributed by atoms with Gasteiger partial charge in [-0.15, -0.1) is 0 Å². The molecule has 0 radical (unpaired) electrons. The minimum absolute atomic E-state index is 0.135. The molecule has 1 heterocycles. The maximum absolute atomic E-state index is 12.0. The second kappa shape index (κ2) is 4.09. The van der Waals surface area contributed by atoms with Crippen LogP contribution < -0.4 is 5.43 Å². The summed E-state index contributed by atoms with van der Waals surface area (Å²) in [5, 5.41) is 1.45. The Kier molecular flexibility index (Phi) is 2.89. The van der Waals surface area contributed by atoms with Crippen molar-refractivity contribution in [3.8, 4) is 0 Å². The molecule has 4 nitrogen and oxygen atoms in total. The number of amides is 2. The number of nitrogens with zero attached hydrogens (tertiary/aromatic N) is 2. The molecular weight excluding hydrogens is 234 g/mol. The number of benzene rings is 1. The number of hydrogen-bond acceptors (Lipinski definition) is 3. The molecule has 1 aliphatic heterocycles. The summed E-state index contributed by atoms with van der Waals surface area (Å²) in [6, 6.07) is 9.42. The number of carbonyl (C=O) groups excluding carboxylic acids is 1. The van der Waals surface area contributed by atoms with Crippen molar-refractivity contribution in [3.63, 3.8) is 0 Å². The van der Waals surface area contributed by atoms with Crippen LogP contribution in [0.3, 0.4) is 0 Å². The third-order valence-electron chi connectivity index (χ3n) is 2.70. The van der Waals surface area contributed by atoms with E-state index in [-0.39, 0.29) is 6.03 Å². The second-order valence-corrected chi connectivity index (χ2v) is 4.91. The summed E-state index contributed by atoms with van der Waals surface area (Å²) in [4.78, 5) is 14.2. The highest BCUT2D eigenvalue weighted by molar-refractivity contribution is 7.80. The molecule has 1 N–H and O–H groups in total. The van der Waals surface area contributed by atoms with Crippen LogP contribution in [0.2, 0.25) is 0 Å². The fraction of sp³-hybridized carbons (Fsp3) is 0.333. The Morgan fingerprint density at radius 2 is 1.88 bits per heavy atom. The molecule has 2 amide bonds.